The van der Waals surface area contributed by atoms with Crippen LogP contribution in [0.3, 0.4) is 0 Å². The Bertz CT molecular complexity index is 2390. The molecule has 68 heavy (non-hydrogen) atoms. The number of aromatic nitrogens is 3. The number of amides is 6. The first-order valence-corrected chi connectivity index (χ1v) is 23.5. The zero-order chi connectivity index (χ0) is 49.6. The maximum atomic E-state index is 14.0. The molecule has 0 saturated heterocycles. The second-order valence-electron chi connectivity index (χ2n) is 18.8. The molecule has 0 aliphatic carbocycles. The SMILES string of the molecule is CCn1nnc2c1-c1ccccc1CN(C(=O)CCNC(=O)C(C)(C)CCOC(C)(C)CCN(C)C(=O)CCCC(=O)NC(C(=O)NCC(=O)Nc1ccc(CO)cc1)C(C)C)c1ccccc1-2. The van der Waals surface area contributed by atoms with Crippen LogP contribution in [-0.4, -0.2) is 105 Å². The van der Waals surface area contributed by atoms with Gasteiger partial charge in [0.25, 0.3) is 0 Å². The molecule has 1 atom stereocenters. The number of carbonyl (C=O) groups excluding carboxylic acids is 6. The Morgan fingerprint density at radius 2 is 1.54 bits per heavy atom. The minimum absolute atomic E-state index is 0.0438. The largest absolute Gasteiger partial charge is 0.392 e. The van der Waals surface area contributed by atoms with Gasteiger partial charge in [0, 0.05) is 74.8 Å². The highest BCUT2D eigenvalue weighted by Crippen LogP contribution is 2.41. The summed E-state index contributed by atoms with van der Waals surface area (Å²) in [6.45, 7) is 14.7. The Morgan fingerprint density at radius 3 is 2.24 bits per heavy atom. The van der Waals surface area contributed by atoms with E-state index in [0.29, 0.717) is 50.3 Å². The Labute approximate surface area is 399 Å². The van der Waals surface area contributed by atoms with Crippen LogP contribution in [0, 0.1) is 11.3 Å². The van der Waals surface area contributed by atoms with E-state index in [9.17, 15) is 33.9 Å². The van der Waals surface area contributed by atoms with Crippen LogP contribution in [0.25, 0.3) is 22.5 Å². The van der Waals surface area contributed by atoms with E-state index in [4.69, 9.17) is 4.74 Å². The van der Waals surface area contributed by atoms with Crippen molar-refractivity contribution in [3.8, 4) is 22.5 Å². The van der Waals surface area contributed by atoms with Crippen molar-refractivity contribution >= 4 is 46.8 Å². The molecule has 5 N–H and O–H groups in total. The number of aryl methyl sites for hydroxylation is 1. The van der Waals surface area contributed by atoms with Crippen molar-refractivity contribution in [3.05, 3.63) is 83.9 Å². The Morgan fingerprint density at radius 1 is 0.853 bits per heavy atom. The van der Waals surface area contributed by atoms with E-state index in [1.54, 1.807) is 55.0 Å². The highest BCUT2D eigenvalue weighted by atomic mass is 16.5. The molecule has 2 heterocycles. The highest BCUT2D eigenvalue weighted by molar-refractivity contribution is 6.00. The third-order valence-corrected chi connectivity index (χ3v) is 12.2. The number of para-hydroxylation sites is 1. The predicted molar refractivity (Wildman–Crippen MR) is 261 cm³/mol. The molecule has 1 aromatic heterocycles. The number of fused-ring (bicyclic) bond motifs is 5. The van der Waals surface area contributed by atoms with Crippen molar-refractivity contribution in [2.75, 3.05) is 43.5 Å². The Hall–Kier alpha value is -6.46. The number of rotatable bonds is 23. The maximum absolute atomic E-state index is 14.0. The average molecular weight is 936 g/mol. The molecule has 0 radical (unpaired) electrons. The summed E-state index contributed by atoms with van der Waals surface area (Å²) in [4.78, 5) is 81.9. The van der Waals surface area contributed by atoms with Crippen LogP contribution in [-0.2, 0) is 53.2 Å². The number of ether oxygens (including phenoxy) is 1. The summed E-state index contributed by atoms with van der Waals surface area (Å²) < 4.78 is 8.12. The molecule has 0 bridgehead atoms. The first-order valence-electron chi connectivity index (χ1n) is 23.5. The quantitative estimate of drug-likeness (QED) is 0.0620. The molecule has 0 spiro atoms. The number of aliphatic hydroxyl groups is 1. The molecule has 6 amide bonds. The van der Waals surface area contributed by atoms with Gasteiger partial charge >= 0.3 is 0 Å². The second kappa shape index (κ2) is 24.0. The molecule has 0 fully saturated rings. The third kappa shape index (κ3) is 14.3. The lowest BCUT2D eigenvalue weighted by Gasteiger charge is -2.31. The van der Waals surface area contributed by atoms with Gasteiger partial charge in [-0.15, -0.1) is 5.10 Å². The minimum atomic E-state index is -0.866. The molecule has 1 aliphatic rings. The van der Waals surface area contributed by atoms with Crippen LogP contribution in [0.4, 0.5) is 11.4 Å². The lowest BCUT2D eigenvalue weighted by Crippen LogP contribution is -2.51. The summed E-state index contributed by atoms with van der Waals surface area (Å²) >= 11 is 0. The number of carbonyl (C=O) groups is 6. The third-order valence-electron chi connectivity index (χ3n) is 12.2. The van der Waals surface area contributed by atoms with Gasteiger partial charge in [-0.2, -0.15) is 0 Å². The number of anilines is 2. The molecule has 4 aromatic rings. The van der Waals surface area contributed by atoms with Crippen LogP contribution in [0.2, 0.25) is 0 Å². The van der Waals surface area contributed by atoms with Crippen LogP contribution < -0.4 is 26.2 Å². The number of nitrogens with zero attached hydrogens (tertiary/aromatic N) is 5. The van der Waals surface area contributed by atoms with Crippen molar-refractivity contribution in [2.24, 2.45) is 11.3 Å². The number of hydrogen-bond donors (Lipinski definition) is 5. The molecule has 366 valence electrons. The highest BCUT2D eigenvalue weighted by Gasteiger charge is 2.32. The van der Waals surface area contributed by atoms with Crippen LogP contribution in [0.15, 0.2) is 72.8 Å². The summed E-state index contributed by atoms with van der Waals surface area (Å²) in [6.07, 6.45) is 1.53. The van der Waals surface area contributed by atoms with Crippen LogP contribution in [0.1, 0.15) is 98.1 Å². The molecule has 3 aromatic carbocycles. The van der Waals surface area contributed by atoms with E-state index in [1.165, 1.54) is 0 Å². The fourth-order valence-electron chi connectivity index (χ4n) is 7.79. The summed E-state index contributed by atoms with van der Waals surface area (Å²) in [6, 6.07) is 21.5. The van der Waals surface area contributed by atoms with Crippen molar-refractivity contribution in [2.45, 2.75) is 118 Å². The van der Waals surface area contributed by atoms with Crippen molar-refractivity contribution in [1.82, 2.24) is 35.8 Å². The van der Waals surface area contributed by atoms with Gasteiger partial charge in [0.2, 0.25) is 35.4 Å². The monoisotopic (exact) mass is 936 g/mol. The molecule has 17 nitrogen and oxygen atoms in total. The molecule has 5 rings (SSSR count). The first kappa shape index (κ1) is 52.5. The predicted octanol–water partition coefficient (Wildman–Crippen LogP) is 5.60. The normalized spacial score (nSPS) is 12.7. The average Bonchev–Trinajstić information content (AvgIpc) is 3.74. The molecular formula is C51H69N9O8. The van der Waals surface area contributed by atoms with Gasteiger partial charge in [-0.05, 0) is 75.3 Å². The fourth-order valence-corrected chi connectivity index (χ4v) is 7.79. The van der Waals surface area contributed by atoms with E-state index in [2.05, 4.69) is 31.6 Å². The van der Waals surface area contributed by atoms with Crippen molar-refractivity contribution in [1.29, 1.82) is 0 Å². The summed E-state index contributed by atoms with van der Waals surface area (Å²) in [5, 5.41) is 29.1. The fraction of sp³-hybridized carbons (Fsp3) is 0.490. The van der Waals surface area contributed by atoms with E-state index < -0.39 is 28.9 Å². The van der Waals surface area contributed by atoms with Gasteiger partial charge in [-0.3, -0.25) is 28.8 Å². The van der Waals surface area contributed by atoms with Gasteiger partial charge < -0.3 is 40.9 Å². The Balaban J connectivity index is 1.00. The van der Waals surface area contributed by atoms with Gasteiger partial charge in [-0.25, -0.2) is 4.68 Å². The topological polar surface area (TPSA) is 217 Å². The molecule has 1 aliphatic heterocycles. The van der Waals surface area contributed by atoms with E-state index >= 15 is 0 Å². The van der Waals surface area contributed by atoms with E-state index in [-0.39, 0.29) is 74.9 Å². The standard InChI is InChI=1S/C51H69N9O8/c1-9-60-47-38-16-11-10-15-36(38)32-59(40-18-13-12-17-39(40)46(47)56-57-60)44(65)25-28-52-49(67)50(4,5)27-30-68-51(6,7)26-29-58(8)43(64)20-14-19-41(62)55-45(34(2)3)48(66)53-31-42(63)54-37-23-21-35(33-61)22-24-37/h10-13,15-18,21-24,34,45,61H,9,14,19-20,25-33H2,1-8H3,(H,52,67)(H,53,66)(H,54,63)(H,55,62). The van der Waals surface area contributed by atoms with Gasteiger partial charge in [0.1, 0.15) is 11.7 Å². The van der Waals surface area contributed by atoms with Gasteiger partial charge in [-0.1, -0.05) is 87.5 Å². The number of nitrogens with one attached hydrogen (secondary N) is 4. The smallest absolute Gasteiger partial charge is 0.243 e. The lowest BCUT2D eigenvalue weighted by atomic mass is 9.88. The molecule has 17 heteroatoms. The number of hydrogen-bond acceptors (Lipinski definition) is 10. The zero-order valence-corrected chi connectivity index (χ0v) is 40.8. The lowest BCUT2D eigenvalue weighted by molar-refractivity contribution is -0.133. The summed E-state index contributed by atoms with van der Waals surface area (Å²) in [5.41, 5.74) is 5.00. The summed E-state index contributed by atoms with van der Waals surface area (Å²) in [7, 11) is 1.71. The second-order valence-corrected chi connectivity index (χ2v) is 18.8. The molecular weight excluding hydrogens is 867 g/mol. The minimum Gasteiger partial charge on any atom is -0.392 e. The van der Waals surface area contributed by atoms with Gasteiger partial charge in [0.15, 0.2) is 0 Å². The van der Waals surface area contributed by atoms with E-state index in [1.807, 2.05) is 87.8 Å². The van der Waals surface area contributed by atoms with Crippen molar-refractivity contribution in [3.63, 3.8) is 0 Å². The first-order chi connectivity index (χ1) is 32.3. The number of aliphatic hydroxyl groups excluding tert-OH is 1. The molecule has 1 unspecified atom stereocenters. The van der Waals surface area contributed by atoms with E-state index in [0.717, 1.165) is 33.8 Å². The maximum Gasteiger partial charge on any atom is 0.243 e. The van der Waals surface area contributed by atoms with Crippen LogP contribution in [0.5, 0.6) is 0 Å². The summed E-state index contributed by atoms with van der Waals surface area (Å²) in [5.74, 6) is -2.00. The van der Waals surface area contributed by atoms with Gasteiger partial charge in [0.05, 0.1) is 36.7 Å². The Kier molecular flexibility index (Phi) is 18.5. The van der Waals surface area contributed by atoms with Crippen LogP contribution >= 0.6 is 0 Å². The number of benzene rings is 3. The molecule has 0 saturated carbocycles. The van der Waals surface area contributed by atoms with Crippen molar-refractivity contribution < 1.29 is 38.6 Å². The zero-order valence-electron chi connectivity index (χ0n) is 40.8.